The number of aromatic nitrogens is 1. The molecule has 0 N–H and O–H groups in total. The number of rotatable bonds is 9. The van der Waals surface area contributed by atoms with Crippen molar-refractivity contribution in [3.8, 4) is 50.2 Å². The van der Waals surface area contributed by atoms with Crippen LogP contribution in [0.5, 0.6) is 0 Å². The van der Waals surface area contributed by atoms with Crippen LogP contribution in [-0.4, -0.2) is 4.57 Å². The summed E-state index contributed by atoms with van der Waals surface area (Å²) in [5.74, 6) is 0. The summed E-state index contributed by atoms with van der Waals surface area (Å²) < 4.78 is 2.39. The third-order valence-electron chi connectivity index (χ3n) is 14.2. The maximum absolute atomic E-state index is 2.47. The van der Waals surface area contributed by atoms with Crippen molar-refractivity contribution >= 4 is 38.9 Å². The van der Waals surface area contributed by atoms with Crippen LogP contribution in [-0.2, 0) is 5.41 Å². The molecular weight excluding hydrogens is 833 g/mol. The average molecular weight is 879 g/mol. The molecule has 11 aromatic carbocycles. The maximum Gasteiger partial charge on any atom is 0.0714 e. The molecule has 13 rings (SSSR count). The first-order valence-electron chi connectivity index (χ1n) is 23.8. The molecule has 0 saturated carbocycles. The summed E-state index contributed by atoms with van der Waals surface area (Å²) in [5, 5.41) is 2.46. The van der Waals surface area contributed by atoms with Gasteiger partial charge in [-0.25, -0.2) is 0 Å². The van der Waals surface area contributed by atoms with Gasteiger partial charge < -0.3 is 9.47 Å². The minimum Gasteiger partial charge on any atom is -0.310 e. The fourth-order valence-electron chi connectivity index (χ4n) is 11.2. The molecule has 0 unspecified atom stereocenters. The lowest BCUT2D eigenvalue weighted by molar-refractivity contribution is 0.768. The molecule has 12 aromatic rings. The number of para-hydroxylation sites is 2. The summed E-state index contributed by atoms with van der Waals surface area (Å²) in [7, 11) is 0. The van der Waals surface area contributed by atoms with Gasteiger partial charge in [-0.05, 0) is 140 Å². The van der Waals surface area contributed by atoms with Gasteiger partial charge >= 0.3 is 0 Å². The molecule has 1 aromatic heterocycles. The van der Waals surface area contributed by atoms with Gasteiger partial charge in [-0.2, -0.15) is 0 Å². The van der Waals surface area contributed by atoms with Crippen LogP contribution in [0.15, 0.2) is 279 Å². The van der Waals surface area contributed by atoms with Crippen molar-refractivity contribution in [1.29, 1.82) is 0 Å². The summed E-state index contributed by atoms with van der Waals surface area (Å²) in [6, 6.07) is 102. The standard InChI is InChI=1S/C67H46N2/c1-6-20-47(21-7-1)49-34-37-56(38-35-49)68(57-39-40-60-59-30-16-18-32-63(59)67(64(60)46-57,53-24-10-3-11-25-53)54-26-12-4-13-27-54)58-43-51(48-22-8-2-9-23-48)42-52(44-58)50-36-41-66-62(45-50)61-31-17-19-33-65(61)69(66)55-28-14-5-15-29-55/h1-46H. The Kier molecular flexibility index (Phi) is 9.77. The summed E-state index contributed by atoms with van der Waals surface area (Å²) in [5.41, 5.74) is 20.8. The molecule has 0 fully saturated rings. The number of hydrogen-bond donors (Lipinski definition) is 0. The predicted molar refractivity (Wildman–Crippen MR) is 289 cm³/mol. The van der Waals surface area contributed by atoms with Gasteiger partial charge in [-0.3, -0.25) is 0 Å². The van der Waals surface area contributed by atoms with E-state index in [0.29, 0.717) is 0 Å². The normalized spacial score (nSPS) is 12.5. The third kappa shape index (κ3) is 6.72. The molecule has 0 radical (unpaired) electrons. The minimum absolute atomic E-state index is 0.543. The van der Waals surface area contributed by atoms with E-state index in [9.17, 15) is 0 Å². The van der Waals surface area contributed by atoms with E-state index in [1.807, 2.05) is 0 Å². The average Bonchev–Trinajstić information content (AvgIpc) is 3.92. The van der Waals surface area contributed by atoms with Crippen molar-refractivity contribution in [3.63, 3.8) is 0 Å². The molecular formula is C67H46N2. The zero-order valence-electron chi connectivity index (χ0n) is 38.0. The number of anilines is 3. The van der Waals surface area contributed by atoms with Gasteiger partial charge in [0.25, 0.3) is 0 Å². The van der Waals surface area contributed by atoms with Gasteiger partial charge in [-0.15, -0.1) is 0 Å². The van der Waals surface area contributed by atoms with Crippen molar-refractivity contribution in [2.45, 2.75) is 5.41 Å². The van der Waals surface area contributed by atoms with E-state index in [0.717, 1.165) is 39.4 Å². The van der Waals surface area contributed by atoms with Crippen molar-refractivity contribution in [2.24, 2.45) is 0 Å². The van der Waals surface area contributed by atoms with Crippen LogP contribution in [0.1, 0.15) is 22.3 Å². The molecule has 69 heavy (non-hydrogen) atoms. The van der Waals surface area contributed by atoms with Crippen LogP contribution in [0.2, 0.25) is 0 Å². The summed E-state index contributed by atoms with van der Waals surface area (Å²) in [4.78, 5) is 2.47. The largest absolute Gasteiger partial charge is 0.310 e. The first-order chi connectivity index (χ1) is 34.2. The van der Waals surface area contributed by atoms with Gasteiger partial charge in [0.1, 0.15) is 0 Å². The summed E-state index contributed by atoms with van der Waals surface area (Å²) in [6.07, 6.45) is 0. The van der Waals surface area contributed by atoms with Crippen LogP contribution in [0.25, 0.3) is 72.0 Å². The number of nitrogens with zero attached hydrogens (tertiary/aromatic N) is 2. The maximum atomic E-state index is 2.47. The van der Waals surface area contributed by atoms with Crippen molar-refractivity contribution in [1.82, 2.24) is 4.57 Å². The second-order valence-corrected chi connectivity index (χ2v) is 18.1. The SMILES string of the molecule is c1ccc(-c2ccc(N(c3cc(-c4ccccc4)cc(-c4ccc5c(c4)c4ccccc4n5-c4ccccc4)c3)c3ccc4c(c3)C(c3ccccc3)(c3ccccc3)c3ccccc3-4)cc2)cc1. The first-order valence-corrected chi connectivity index (χ1v) is 23.8. The number of hydrogen-bond acceptors (Lipinski definition) is 1. The Morgan fingerprint density at radius 1 is 0.275 bits per heavy atom. The Hall–Kier alpha value is -8.98. The van der Waals surface area contributed by atoms with Crippen LogP contribution in [0.4, 0.5) is 17.1 Å². The monoisotopic (exact) mass is 878 g/mol. The van der Waals surface area contributed by atoms with Crippen molar-refractivity contribution in [3.05, 3.63) is 301 Å². The second-order valence-electron chi connectivity index (χ2n) is 18.1. The zero-order chi connectivity index (χ0) is 45.7. The molecule has 0 amide bonds. The first kappa shape index (κ1) is 40.3. The molecule has 0 spiro atoms. The molecule has 0 saturated heterocycles. The second kappa shape index (κ2) is 16.7. The zero-order valence-corrected chi connectivity index (χ0v) is 38.0. The minimum atomic E-state index is -0.543. The number of fused-ring (bicyclic) bond motifs is 6. The van der Waals surface area contributed by atoms with Crippen molar-refractivity contribution in [2.75, 3.05) is 4.90 Å². The van der Waals surface area contributed by atoms with Crippen molar-refractivity contribution < 1.29 is 0 Å². The Morgan fingerprint density at radius 2 is 0.768 bits per heavy atom. The Bertz CT molecular complexity index is 3760. The molecule has 0 aliphatic heterocycles. The molecule has 324 valence electrons. The van der Waals surface area contributed by atoms with E-state index in [-0.39, 0.29) is 0 Å². The van der Waals surface area contributed by atoms with E-state index in [1.165, 1.54) is 71.9 Å². The topological polar surface area (TPSA) is 8.17 Å². The van der Waals surface area contributed by atoms with E-state index in [2.05, 4.69) is 289 Å². The highest BCUT2D eigenvalue weighted by Gasteiger charge is 2.46. The van der Waals surface area contributed by atoms with Crippen LogP contribution in [0.3, 0.4) is 0 Å². The van der Waals surface area contributed by atoms with Gasteiger partial charge in [0, 0.05) is 33.5 Å². The third-order valence-corrected chi connectivity index (χ3v) is 14.2. The highest BCUT2D eigenvalue weighted by atomic mass is 15.1. The lowest BCUT2D eigenvalue weighted by Crippen LogP contribution is -2.28. The van der Waals surface area contributed by atoms with Gasteiger partial charge in [0.2, 0.25) is 0 Å². The lowest BCUT2D eigenvalue weighted by Gasteiger charge is -2.35. The molecule has 0 atom stereocenters. The predicted octanol–water partition coefficient (Wildman–Crippen LogP) is 17.6. The van der Waals surface area contributed by atoms with Gasteiger partial charge in [-0.1, -0.05) is 206 Å². The molecule has 2 nitrogen and oxygen atoms in total. The quantitative estimate of drug-likeness (QED) is 0.140. The van der Waals surface area contributed by atoms with E-state index in [1.54, 1.807) is 0 Å². The van der Waals surface area contributed by atoms with Crippen LogP contribution < -0.4 is 4.90 Å². The summed E-state index contributed by atoms with van der Waals surface area (Å²) >= 11 is 0. The van der Waals surface area contributed by atoms with Crippen LogP contribution in [0, 0.1) is 0 Å². The number of benzene rings is 11. The van der Waals surface area contributed by atoms with E-state index in [4.69, 9.17) is 0 Å². The molecule has 0 bridgehead atoms. The van der Waals surface area contributed by atoms with E-state index >= 15 is 0 Å². The molecule has 1 aliphatic rings. The molecule has 1 aliphatic carbocycles. The molecule has 1 heterocycles. The Balaban J connectivity index is 1.06. The Labute approximate surface area is 403 Å². The van der Waals surface area contributed by atoms with Gasteiger partial charge in [0.15, 0.2) is 0 Å². The lowest BCUT2D eigenvalue weighted by atomic mass is 9.67. The van der Waals surface area contributed by atoms with Gasteiger partial charge in [0.05, 0.1) is 16.4 Å². The fourth-order valence-corrected chi connectivity index (χ4v) is 11.2. The molecule has 2 heteroatoms. The summed E-state index contributed by atoms with van der Waals surface area (Å²) in [6.45, 7) is 0. The Morgan fingerprint density at radius 3 is 1.45 bits per heavy atom. The van der Waals surface area contributed by atoms with E-state index < -0.39 is 5.41 Å². The highest BCUT2D eigenvalue weighted by molar-refractivity contribution is 6.10. The van der Waals surface area contributed by atoms with Crippen LogP contribution >= 0.6 is 0 Å². The fraction of sp³-hybridized carbons (Fsp3) is 0.0149. The highest BCUT2D eigenvalue weighted by Crippen LogP contribution is 2.57. The smallest absolute Gasteiger partial charge is 0.0714 e.